The van der Waals surface area contributed by atoms with Crippen molar-refractivity contribution in [1.29, 1.82) is 0 Å². The van der Waals surface area contributed by atoms with Gasteiger partial charge in [-0.1, -0.05) is 34.5 Å². The van der Waals surface area contributed by atoms with Crippen molar-refractivity contribution in [2.45, 2.75) is 38.8 Å². The van der Waals surface area contributed by atoms with E-state index in [0.29, 0.717) is 11.8 Å². The quantitative estimate of drug-likeness (QED) is 0.918. The Morgan fingerprint density at radius 3 is 2.95 bits per heavy atom. The average molecular weight is 338 g/mol. The van der Waals surface area contributed by atoms with Crippen LogP contribution >= 0.6 is 15.9 Å². The molecule has 2 fully saturated rings. The van der Waals surface area contributed by atoms with Crippen molar-refractivity contribution in [1.82, 2.24) is 4.90 Å². The van der Waals surface area contributed by atoms with Gasteiger partial charge >= 0.3 is 5.97 Å². The standard InChI is InChI=1S/C16H20BrNO2/c1-10-5-6-12(14(17)7-10)9-18-8-11-3-2-4-13(11)15(18)16(19)20/h5-7,11,13,15H,2-4,8-9H2,1H3,(H,19,20). The molecular formula is C16H20BrNO2. The molecule has 1 saturated heterocycles. The number of fused-ring (bicyclic) bond motifs is 1. The first-order valence-electron chi connectivity index (χ1n) is 7.28. The van der Waals surface area contributed by atoms with E-state index in [4.69, 9.17) is 0 Å². The minimum atomic E-state index is -0.650. The number of carboxylic acid groups (broad SMARTS) is 1. The van der Waals surface area contributed by atoms with Gasteiger partial charge in [-0.05, 0) is 48.8 Å². The van der Waals surface area contributed by atoms with Gasteiger partial charge in [0.15, 0.2) is 0 Å². The van der Waals surface area contributed by atoms with Crippen LogP contribution in [0, 0.1) is 18.8 Å². The Morgan fingerprint density at radius 2 is 2.25 bits per heavy atom. The van der Waals surface area contributed by atoms with Crippen molar-refractivity contribution < 1.29 is 9.90 Å². The minimum Gasteiger partial charge on any atom is -0.480 e. The summed E-state index contributed by atoms with van der Waals surface area (Å²) in [6.07, 6.45) is 3.47. The van der Waals surface area contributed by atoms with E-state index in [1.54, 1.807) is 0 Å². The zero-order valence-corrected chi connectivity index (χ0v) is 13.3. The highest BCUT2D eigenvalue weighted by Crippen LogP contribution is 2.43. The fourth-order valence-electron chi connectivity index (χ4n) is 3.90. The highest BCUT2D eigenvalue weighted by atomic mass is 79.9. The Bertz CT molecular complexity index is 531. The van der Waals surface area contributed by atoms with Gasteiger partial charge in [0.05, 0.1) is 0 Å². The van der Waals surface area contributed by atoms with Crippen molar-refractivity contribution in [3.63, 3.8) is 0 Å². The van der Waals surface area contributed by atoms with E-state index in [2.05, 4.69) is 46.0 Å². The number of benzene rings is 1. The van der Waals surface area contributed by atoms with Gasteiger partial charge in [0.25, 0.3) is 0 Å². The number of carboxylic acids is 1. The zero-order chi connectivity index (χ0) is 14.3. The maximum Gasteiger partial charge on any atom is 0.321 e. The number of likely N-dealkylation sites (tertiary alicyclic amines) is 1. The van der Waals surface area contributed by atoms with E-state index in [9.17, 15) is 9.90 Å². The molecule has 3 unspecified atom stereocenters. The lowest BCUT2D eigenvalue weighted by Crippen LogP contribution is -2.39. The Kier molecular flexibility index (Phi) is 3.87. The fraction of sp³-hybridized carbons (Fsp3) is 0.562. The molecule has 1 N–H and O–H groups in total. The lowest BCUT2D eigenvalue weighted by Gasteiger charge is -2.24. The molecule has 108 valence electrons. The molecule has 3 atom stereocenters. The lowest BCUT2D eigenvalue weighted by molar-refractivity contribution is -0.143. The van der Waals surface area contributed by atoms with Crippen LogP contribution in [0.5, 0.6) is 0 Å². The van der Waals surface area contributed by atoms with Crippen molar-refractivity contribution in [3.05, 3.63) is 33.8 Å². The van der Waals surface area contributed by atoms with Crippen LogP contribution in [0.4, 0.5) is 0 Å². The van der Waals surface area contributed by atoms with E-state index in [0.717, 1.165) is 24.0 Å². The number of rotatable bonds is 3. The number of aryl methyl sites for hydroxylation is 1. The van der Waals surface area contributed by atoms with E-state index in [1.807, 2.05) is 0 Å². The smallest absolute Gasteiger partial charge is 0.321 e. The van der Waals surface area contributed by atoms with Gasteiger partial charge in [-0.25, -0.2) is 0 Å². The minimum absolute atomic E-state index is 0.296. The number of hydrogen-bond donors (Lipinski definition) is 1. The molecule has 1 aliphatic carbocycles. The van der Waals surface area contributed by atoms with E-state index >= 15 is 0 Å². The molecule has 0 aromatic heterocycles. The number of nitrogens with zero attached hydrogens (tertiary/aromatic N) is 1. The maximum atomic E-state index is 11.6. The summed E-state index contributed by atoms with van der Waals surface area (Å²) in [5.74, 6) is 0.291. The Labute approximate surface area is 128 Å². The van der Waals surface area contributed by atoms with Crippen LogP contribution in [-0.2, 0) is 11.3 Å². The third-order valence-corrected chi connectivity index (χ3v) is 5.56. The molecule has 20 heavy (non-hydrogen) atoms. The highest BCUT2D eigenvalue weighted by molar-refractivity contribution is 9.10. The molecule has 0 spiro atoms. The summed E-state index contributed by atoms with van der Waals surface area (Å²) >= 11 is 3.60. The maximum absolute atomic E-state index is 11.6. The molecule has 1 saturated carbocycles. The largest absolute Gasteiger partial charge is 0.480 e. The Balaban J connectivity index is 1.81. The second kappa shape index (κ2) is 5.49. The summed E-state index contributed by atoms with van der Waals surface area (Å²) in [5, 5.41) is 9.57. The van der Waals surface area contributed by atoms with Crippen LogP contribution in [0.3, 0.4) is 0 Å². The van der Waals surface area contributed by atoms with Crippen LogP contribution in [0.15, 0.2) is 22.7 Å². The Morgan fingerprint density at radius 1 is 1.45 bits per heavy atom. The SMILES string of the molecule is Cc1ccc(CN2CC3CCCC3C2C(=O)O)c(Br)c1. The lowest BCUT2D eigenvalue weighted by atomic mass is 9.94. The molecule has 3 rings (SSSR count). The van der Waals surface area contributed by atoms with Crippen LogP contribution in [0.2, 0.25) is 0 Å². The summed E-state index contributed by atoms with van der Waals surface area (Å²) in [5.41, 5.74) is 2.40. The predicted molar refractivity (Wildman–Crippen MR) is 81.5 cm³/mol. The first kappa shape index (κ1) is 14.1. The van der Waals surface area contributed by atoms with Crippen LogP contribution in [0.25, 0.3) is 0 Å². The number of halogens is 1. The number of carbonyl (C=O) groups is 1. The van der Waals surface area contributed by atoms with Gasteiger partial charge in [-0.15, -0.1) is 0 Å². The first-order chi connectivity index (χ1) is 9.56. The second-order valence-corrected chi connectivity index (χ2v) is 7.02. The summed E-state index contributed by atoms with van der Waals surface area (Å²) in [6.45, 7) is 3.72. The van der Waals surface area contributed by atoms with E-state index in [1.165, 1.54) is 24.0 Å². The third-order valence-electron chi connectivity index (χ3n) is 4.82. The number of hydrogen-bond acceptors (Lipinski definition) is 2. The van der Waals surface area contributed by atoms with Crippen molar-refractivity contribution in [2.75, 3.05) is 6.54 Å². The summed E-state index contributed by atoms with van der Waals surface area (Å²) < 4.78 is 1.08. The summed E-state index contributed by atoms with van der Waals surface area (Å²) in [6, 6.07) is 6.00. The molecule has 1 heterocycles. The fourth-order valence-corrected chi connectivity index (χ4v) is 4.51. The van der Waals surface area contributed by atoms with Crippen molar-refractivity contribution >= 4 is 21.9 Å². The van der Waals surface area contributed by atoms with Gasteiger partial charge in [0.2, 0.25) is 0 Å². The topological polar surface area (TPSA) is 40.5 Å². The van der Waals surface area contributed by atoms with Crippen LogP contribution in [-0.4, -0.2) is 28.6 Å². The van der Waals surface area contributed by atoms with Gasteiger partial charge < -0.3 is 5.11 Å². The molecule has 1 aromatic rings. The van der Waals surface area contributed by atoms with Crippen molar-refractivity contribution in [2.24, 2.45) is 11.8 Å². The van der Waals surface area contributed by atoms with Gasteiger partial charge in [0, 0.05) is 17.6 Å². The molecule has 4 heteroatoms. The Hall–Kier alpha value is -0.870. The summed E-state index contributed by atoms with van der Waals surface area (Å²) in [7, 11) is 0. The predicted octanol–water partition coefficient (Wildman–Crippen LogP) is 3.44. The van der Waals surface area contributed by atoms with Gasteiger partial charge in [-0.2, -0.15) is 0 Å². The van der Waals surface area contributed by atoms with Crippen molar-refractivity contribution in [3.8, 4) is 0 Å². The van der Waals surface area contributed by atoms with Crippen LogP contribution in [0.1, 0.15) is 30.4 Å². The molecule has 0 radical (unpaired) electrons. The zero-order valence-electron chi connectivity index (χ0n) is 11.7. The van der Waals surface area contributed by atoms with E-state index < -0.39 is 5.97 Å². The van der Waals surface area contributed by atoms with E-state index in [-0.39, 0.29) is 6.04 Å². The normalized spacial score (nSPS) is 29.6. The molecule has 2 aliphatic rings. The van der Waals surface area contributed by atoms with Crippen LogP contribution < -0.4 is 0 Å². The molecule has 0 amide bonds. The number of aliphatic carboxylic acids is 1. The second-order valence-electron chi connectivity index (χ2n) is 6.16. The summed E-state index contributed by atoms with van der Waals surface area (Å²) in [4.78, 5) is 13.8. The molecule has 3 nitrogen and oxygen atoms in total. The molecule has 1 aromatic carbocycles. The third kappa shape index (κ3) is 2.51. The van der Waals surface area contributed by atoms with Gasteiger partial charge in [0.1, 0.15) is 6.04 Å². The average Bonchev–Trinajstić information content (AvgIpc) is 2.91. The molecule has 1 aliphatic heterocycles. The first-order valence-corrected chi connectivity index (χ1v) is 8.07. The monoisotopic (exact) mass is 337 g/mol. The highest BCUT2D eigenvalue weighted by Gasteiger charge is 2.47. The van der Waals surface area contributed by atoms with Gasteiger partial charge in [-0.3, -0.25) is 9.69 Å². The molecular weight excluding hydrogens is 318 g/mol. The molecule has 0 bridgehead atoms.